The molecule has 0 aliphatic carbocycles. The number of thiazole rings is 1. The number of pyridine rings is 1. The number of nitrogens with zero attached hydrogens (tertiary/aromatic N) is 6. The predicted octanol–water partition coefficient (Wildman–Crippen LogP) is 3.42. The minimum absolute atomic E-state index is 0.0439. The van der Waals surface area contributed by atoms with Crippen molar-refractivity contribution in [3.63, 3.8) is 0 Å². The highest BCUT2D eigenvalue weighted by Gasteiger charge is 2.35. The Balaban J connectivity index is 1.72. The molecule has 3 aromatic rings. The summed E-state index contributed by atoms with van der Waals surface area (Å²) in [5.41, 5.74) is 3.16. The van der Waals surface area contributed by atoms with E-state index in [1.165, 1.54) is 0 Å². The van der Waals surface area contributed by atoms with Crippen molar-refractivity contribution in [3.8, 4) is 11.4 Å². The SMILES string of the molecule is CCO[C@@H]1CN(c2nccs2)C[C@H]1Nc1c(CC)nc(-c2cnc(N(C)C)cc2C)n(CC)c1=O. The fourth-order valence-corrected chi connectivity index (χ4v) is 5.19. The molecule has 10 heteroatoms. The smallest absolute Gasteiger partial charge is 0.277 e. The summed E-state index contributed by atoms with van der Waals surface area (Å²) in [6.45, 7) is 10.6. The lowest BCUT2D eigenvalue weighted by atomic mass is 10.1. The molecule has 1 aliphatic rings. The second-order valence-electron chi connectivity index (χ2n) is 8.88. The van der Waals surface area contributed by atoms with Gasteiger partial charge in [-0.25, -0.2) is 15.0 Å². The topological polar surface area (TPSA) is 88.4 Å². The zero-order valence-electron chi connectivity index (χ0n) is 21.4. The number of aryl methyl sites for hydroxylation is 2. The lowest BCUT2D eigenvalue weighted by Gasteiger charge is -2.23. The first-order valence-electron chi connectivity index (χ1n) is 12.2. The summed E-state index contributed by atoms with van der Waals surface area (Å²) in [6.07, 6.45) is 4.22. The largest absolute Gasteiger partial charge is 0.374 e. The van der Waals surface area contributed by atoms with Crippen LogP contribution in [0.1, 0.15) is 32.0 Å². The van der Waals surface area contributed by atoms with Gasteiger partial charge in [-0.1, -0.05) is 6.92 Å². The minimum Gasteiger partial charge on any atom is -0.374 e. The summed E-state index contributed by atoms with van der Waals surface area (Å²) in [5.74, 6) is 1.53. The van der Waals surface area contributed by atoms with Crippen molar-refractivity contribution in [2.24, 2.45) is 0 Å². The van der Waals surface area contributed by atoms with E-state index < -0.39 is 0 Å². The van der Waals surface area contributed by atoms with Crippen LogP contribution in [0.5, 0.6) is 0 Å². The van der Waals surface area contributed by atoms with E-state index in [0.29, 0.717) is 37.6 Å². The van der Waals surface area contributed by atoms with E-state index in [1.54, 1.807) is 15.9 Å². The normalized spacial score (nSPS) is 17.7. The van der Waals surface area contributed by atoms with E-state index in [0.717, 1.165) is 34.3 Å². The maximum Gasteiger partial charge on any atom is 0.277 e. The number of hydrogen-bond donors (Lipinski definition) is 1. The van der Waals surface area contributed by atoms with E-state index >= 15 is 0 Å². The summed E-state index contributed by atoms with van der Waals surface area (Å²) in [7, 11) is 3.93. The van der Waals surface area contributed by atoms with Gasteiger partial charge in [0, 0.05) is 63.7 Å². The van der Waals surface area contributed by atoms with Gasteiger partial charge < -0.3 is 19.9 Å². The fourth-order valence-electron chi connectivity index (χ4n) is 4.53. The number of ether oxygens (including phenoxy) is 1. The van der Waals surface area contributed by atoms with E-state index in [1.807, 2.05) is 70.5 Å². The second-order valence-corrected chi connectivity index (χ2v) is 9.75. The molecule has 4 rings (SSSR count). The molecule has 0 unspecified atom stereocenters. The minimum atomic E-state index is -0.0617. The number of anilines is 3. The van der Waals surface area contributed by atoms with Gasteiger partial charge in [-0.3, -0.25) is 9.36 Å². The van der Waals surface area contributed by atoms with Gasteiger partial charge in [0.1, 0.15) is 17.3 Å². The number of nitrogens with one attached hydrogen (secondary N) is 1. The molecule has 2 atom stereocenters. The molecule has 35 heavy (non-hydrogen) atoms. The van der Waals surface area contributed by atoms with Crippen molar-refractivity contribution in [2.45, 2.75) is 52.8 Å². The van der Waals surface area contributed by atoms with Gasteiger partial charge in [-0.2, -0.15) is 0 Å². The van der Waals surface area contributed by atoms with Crippen molar-refractivity contribution >= 4 is 28.0 Å². The molecule has 4 heterocycles. The zero-order valence-corrected chi connectivity index (χ0v) is 22.2. The molecule has 0 spiro atoms. The molecule has 3 aromatic heterocycles. The first kappa shape index (κ1) is 25.1. The Bertz CT molecular complexity index is 1210. The average molecular weight is 498 g/mol. The molecule has 1 fully saturated rings. The van der Waals surface area contributed by atoms with Crippen molar-refractivity contribution in [1.82, 2.24) is 19.5 Å². The molecule has 0 bridgehead atoms. The van der Waals surface area contributed by atoms with Crippen LogP contribution in [0.15, 0.2) is 28.6 Å². The molecule has 0 aromatic carbocycles. The van der Waals surface area contributed by atoms with Gasteiger partial charge >= 0.3 is 0 Å². The maximum absolute atomic E-state index is 13.8. The molecule has 9 nitrogen and oxygen atoms in total. The van der Waals surface area contributed by atoms with Crippen molar-refractivity contribution in [2.75, 3.05) is 48.9 Å². The van der Waals surface area contributed by atoms with Crippen LogP contribution in [0.2, 0.25) is 0 Å². The van der Waals surface area contributed by atoms with Crippen molar-refractivity contribution < 1.29 is 4.74 Å². The predicted molar refractivity (Wildman–Crippen MR) is 143 cm³/mol. The molecular weight excluding hydrogens is 462 g/mol. The first-order chi connectivity index (χ1) is 16.9. The van der Waals surface area contributed by atoms with Gasteiger partial charge in [0.05, 0.1) is 17.8 Å². The number of rotatable bonds is 9. The lowest BCUT2D eigenvalue weighted by molar-refractivity contribution is 0.0720. The molecular formula is C25H35N7O2S. The van der Waals surface area contributed by atoms with Gasteiger partial charge in [-0.15, -0.1) is 11.3 Å². The van der Waals surface area contributed by atoms with Crippen LogP contribution in [0.3, 0.4) is 0 Å². The molecule has 188 valence electrons. The molecule has 1 aliphatic heterocycles. The number of hydrogen-bond acceptors (Lipinski definition) is 9. The third-order valence-electron chi connectivity index (χ3n) is 6.36. The molecule has 0 saturated carbocycles. The van der Waals surface area contributed by atoms with E-state index in [4.69, 9.17) is 9.72 Å². The Morgan fingerprint density at radius 2 is 2.03 bits per heavy atom. The van der Waals surface area contributed by atoms with Crippen LogP contribution in [0.4, 0.5) is 16.6 Å². The van der Waals surface area contributed by atoms with Crippen LogP contribution < -0.4 is 20.7 Å². The molecule has 0 radical (unpaired) electrons. The average Bonchev–Trinajstić information content (AvgIpc) is 3.51. The van der Waals surface area contributed by atoms with E-state index in [-0.39, 0.29) is 17.7 Å². The van der Waals surface area contributed by atoms with Crippen molar-refractivity contribution in [3.05, 3.63) is 45.5 Å². The third-order valence-corrected chi connectivity index (χ3v) is 7.19. The zero-order chi connectivity index (χ0) is 25.1. The quantitative estimate of drug-likeness (QED) is 0.481. The van der Waals surface area contributed by atoms with Crippen LogP contribution in [-0.4, -0.2) is 65.5 Å². The third kappa shape index (κ3) is 5.04. The van der Waals surface area contributed by atoms with Gasteiger partial charge in [0.25, 0.3) is 5.56 Å². The summed E-state index contributed by atoms with van der Waals surface area (Å²) < 4.78 is 7.80. The summed E-state index contributed by atoms with van der Waals surface area (Å²) in [6, 6.07) is 1.98. The maximum atomic E-state index is 13.8. The standard InChI is InChI=1S/C25H35N7O2S/c1-7-18-22(28-19-14-31(15-20(19)34-9-3)25-26-10-11-35-25)24(33)32(8-2)23(29-18)17-13-27-21(30(5)6)12-16(17)4/h10-13,19-20,28H,7-9,14-15H2,1-6H3/t19-,20-/m1/s1. The lowest BCUT2D eigenvalue weighted by Crippen LogP contribution is -2.38. The molecule has 0 amide bonds. The second kappa shape index (κ2) is 10.7. The Morgan fingerprint density at radius 3 is 2.63 bits per heavy atom. The Kier molecular flexibility index (Phi) is 7.71. The van der Waals surface area contributed by atoms with Crippen LogP contribution in [0.25, 0.3) is 11.4 Å². The van der Waals surface area contributed by atoms with Crippen LogP contribution >= 0.6 is 11.3 Å². The highest BCUT2D eigenvalue weighted by Crippen LogP contribution is 2.28. The first-order valence-corrected chi connectivity index (χ1v) is 13.1. The Labute approximate surface area is 210 Å². The van der Waals surface area contributed by atoms with Crippen LogP contribution in [-0.2, 0) is 17.7 Å². The highest BCUT2D eigenvalue weighted by atomic mass is 32.1. The van der Waals surface area contributed by atoms with Gasteiger partial charge in [0.2, 0.25) is 0 Å². The Morgan fingerprint density at radius 1 is 1.23 bits per heavy atom. The van der Waals surface area contributed by atoms with Crippen molar-refractivity contribution in [1.29, 1.82) is 0 Å². The summed E-state index contributed by atoms with van der Waals surface area (Å²) >= 11 is 1.61. The van der Waals surface area contributed by atoms with E-state index in [9.17, 15) is 4.79 Å². The number of aromatic nitrogens is 4. The highest BCUT2D eigenvalue weighted by molar-refractivity contribution is 7.13. The summed E-state index contributed by atoms with van der Waals surface area (Å²) in [5, 5.41) is 6.49. The van der Waals surface area contributed by atoms with Gasteiger partial charge in [0.15, 0.2) is 5.13 Å². The van der Waals surface area contributed by atoms with Gasteiger partial charge in [-0.05, 0) is 38.8 Å². The molecule has 1 N–H and O–H groups in total. The fraction of sp³-hybridized carbons (Fsp3) is 0.520. The Hall–Kier alpha value is -2.98. The monoisotopic (exact) mass is 497 g/mol. The molecule has 1 saturated heterocycles. The van der Waals surface area contributed by atoms with E-state index in [2.05, 4.69) is 20.2 Å². The van der Waals surface area contributed by atoms with Crippen LogP contribution in [0, 0.1) is 6.92 Å². The summed E-state index contributed by atoms with van der Waals surface area (Å²) in [4.78, 5) is 32.0.